The van der Waals surface area contributed by atoms with Gasteiger partial charge in [-0.05, 0) is 25.2 Å². The highest BCUT2D eigenvalue weighted by molar-refractivity contribution is 5.71. The maximum Gasteiger partial charge on any atom is 0.309 e. The Morgan fingerprint density at radius 2 is 2.09 bits per heavy atom. The summed E-state index contributed by atoms with van der Waals surface area (Å²) in [6, 6.07) is 0. The van der Waals surface area contributed by atoms with Gasteiger partial charge in [0.2, 0.25) is 0 Å². The Morgan fingerprint density at radius 3 is 2.36 bits per heavy atom. The van der Waals surface area contributed by atoms with Gasteiger partial charge in [-0.2, -0.15) is 0 Å². The predicted octanol–water partition coefficient (Wildman–Crippen LogP) is 0.886. The Labute approximate surface area is 65.4 Å². The molecule has 2 atom stereocenters. The fourth-order valence-corrected chi connectivity index (χ4v) is 1.66. The van der Waals surface area contributed by atoms with Crippen molar-refractivity contribution in [3.05, 3.63) is 0 Å². The van der Waals surface area contributed by atoms with E-state index in [1.54, 1.807) is 0 Å². The molecular formula is C8H12O3. The topological polar surface area (TPSA) is 46.5 Å². The summed E-state index contributed by atoms with van der Waals surface area (Å²) in [5, 5.41) is 8.84. The molecule has 1 heterocycles. The monoisotopic (exact) mass is 156 g/mol. The van der Waals surface area contributed by atoms with E-state index in [9.17, 15) is 4.79 Å². The number of hydrogen-bond donors (Lipinski definition) is 1. The van der Waals surface area contributed by atoms with Crippen LogP contribution in [0, 0.1) is 11.8 Å². The lowest BCUT2D eigenvalue weighted by molar-refractivity contribution is -0.158. The van der Waals surface area contributed by atoms with Gasteiger partial charge < -0.3 is 9.84 Å². The minimum Gasteiger partial charge on any atom is -0.481 e. The molecule has 0 amide bonds. The van der Waals surface area contributed by atoms with E-state index in [2.05, 4.69) is 0 Å². The van der Waals surface area contributed by atoms with Crippen LogP contribution < -0.4 is 0 Å². The minimum atomic E-state index is -0.669. The lowest BCUT2D eigenvalue weighted by Crippen LogP contribution is -2.39. The third-order valence-electron chi connectivity index (χ3n) is 2.55. The zero-order valence-electron chi connectivity index (χ0n) is 6.32. The molecule has 1 aliphatic carbocycles. The first-order valence-corrected chi connectivity index (χ1v) is 4.13. The molecule has 2 fully saturated rings. The van der Waals surface area contributed by atoms with Gasteiger partial charge in [0.25, 0.3) is 0 Å². The Morgan fingerprint density at radius 1 is 1.45 bits per heavy atom. The SMILES string of the molecule is O=C(O)C(C1CC1)C1CCO1. The number of carboxylic acids is 1. The van der Waals surface area contributed by atoms with Gasteiger partial charge in [-0.25, -0.2) is 0 Å². The number of rotatable bonds is 3. The van der Waals surface area contributed by atoms with E-state index in [0.717, 1.165) is 25.9 Å². The standard InChI is InChI=1S/C8H12O3/c9-8(10)7(5-1-2-5)6-3-4-11-6/h5-7H,1-4H2,(H,9,10). The van der Waals surface area contributed by atoms with Crippen LogP contribution in [-0.4, -0.2) is 23.8 Å². The van der Waals surface area contributed by atoms with Gasteiger partial charge in [-0.15, -0.1) is 0 Å². The second kappa shape index (κ2) is 2.48. The molecule has 1 aliphatic heterocycles. The number of carboxylic acid groups (broad SMARTS) is 1. The quantitative estimate of drug-likeness (QED) is 0.660. The molecule has 0 radical (unpaired) electrons. The first kappa shape index (κ1) is 7.10. The smallest absolute Gasteiger partial charge is 0.309 e. The summed E-state index contributed by atoms with van der Waals surface area (Å²) in [5.74, 6) is -0.459. The molecule has 1 saturated carbocycles. The molecule has 0 aromatic carbocycles. The average Bonchev–Trinajstić information content (AvgIpc) is 2.58. The van der Waals surface area contributed by atoms with Gasteiger partial charge in [-0.1, -0.05) is 0 Å². The summed E-state index contributed by atoms with van der Waals surface area (Å²) in [7, 11) is 0. The molecule has 2 rings (SSSR count). The molecule has 0 aromatic heterocycles. The van der Waals surface area contributed by atoms with Gasteiger partial charge in [-0.3, -0.25) is 4.79 Å². The van der Waals surface area contributed by atoms with Gasteiger partial charge in [0.05, 0.1) is 12.0 Å². The molecule has 1 saturated heterocycles. The fraction of sp³-hybridized carbons (Fsp3) is 0.875. The lowest BCUT2D eigenvalue weighted by Gasteiger charge is -2.31. The molecule has 11 heavy (non-hydrogen) atoms. The molecule has 2 aliphatic rings. The van der Waals surface area contributed by atoms with E-state index >= 15 is 0 Å². The zero-order valence-corrected chi connectivity index (χ0v) is 6.32. The van der Waals surface area contributed by atoms with Gasteiger partial charge in [0, 0.05) is 6.61 Å². The van der Waals surface area contributed by atoms with Crippen molar-refractivity contribution in [1.82, 2.24) is 0 Å². The van der Waals surface area contributed by atoms with E-state index in [-0.39, 0.29) is 12.0 Å². The van der Waals surface area contributed by atoms with Crippen molar-refractivity contribution >= 4 is 5.97 Å². The van der Waals surface area contributed by atoms with E-state index < -0.39 is 5.97 Å². The van der Waals surface area contributed by atoms with E-state index in [1.807, 2.05) is 0 Å². The van der Waals surface area contributed by atoms with Crippen molar-refractivity contribution < 1.29 is 14.6 Å². The molecule has 3 heteroatoms. The number of carbonyl (C=O) groups is 1. The molecular weight excluding hydrogens is 144 g/mol. The molecule has 0 aromatic rings. The van der Waals surface area contributed by atoms with Crippen LogP contribution in [0.5, 0.6) is 0 Å². The summed E-state index contributed by atoms with van der Waals surface area (Å²) >= 11 is 0. The molecule has 0 bridgehead atoms. The van der Waals surface area contributed by atoms with Crippen molar-refractivity contribution in [3.63, 3.8) is 0 Å². The van der Waals surface area contributed by atoms with Crippen molar-refractivity contribution in [2.45, 2.75) is 25.4 Å². The third-order valence-corrected chi connectivity index (χ3v) is 2.55. The summed E-state index contributed by atoms with van der Waals surface area (Å²) in [6.45, 7) is 0.751. The van der Waals surface area contributed by atoms with E-state index in [1.165, 1.54) is 0 Å². The minimum absolute atomic E-state index is 0.0278. The van der Waals surface area contributed by atoms with Crippen molar-refractivity contribution in [1.29, 1.82) is 0 Å². The highest BCUT2D eigenvalue weighted by atomic mass is 16.5. The van der Waals surface area contributed by atoms with Crippen molar-refractivity contribution in [2.24, 2.45) is 11.8 Å². The van der Waals surface area contributed by atoms with Gasteiger partial charge >= 0.3 is 5.97 Å². The highest BCUT2D eigenvalue weighted by Gasteiger charge is 2.44. The maximum absolute atomic E-state index is 10.7. The number of aliphatic carboxylic acids is 1. The van der Waals surface area contributed by atoms with Crippen LogP contribution in [0.4, 0.5) is 0 Å². The van der Waals surface area contributed by atoms with Crippen LogP contribution in [0.1, 0.15) is 19.3 Å². The first-order valence-electron chi connectivity index (χ1n) is 4.13. The van der Waals surface area contributed by atoms with Crippen LogP contribution >= 0.6 is 0 Å². The second-order valence-electron chi connectivity index (χ2n) is 3.40. The van der Waals surface area contributed by atoms with Crippen LogP contribution in [0.3, 0.4) is 0 Å². The predicted molar refractivity (Wildman–Crippen MR) is 38.2 cm³/mol. The average molecular weight is 156 g/mol. The zero-order chi connectivity index (χ0) is 7.84. The van der Waals surface area contributed by atoms with Crippen molar-refractivity contribution in [3.8, 4) is 0 Å². The summed E-state index contributed by atoms with van der Waals surface area (Å²) < 4.78 is 5.17. The second-order valence-corrected chi connectivity index (χ2v) is 3.40. The largest absolute Gasteiger partial charge is 0.481 e. The van der Waals surface area contributed by atoms with Crippen LogP contribution in [0.2, 0.25) is 0 Å². The van der Waals surface area contributed by atoms with Gasteiger partial charge in [0.15, 0.2) is 0 Å². The van der Waals surface area contributed by atoms with Crippen LogP contribution in [0.15, 0.2) is 0 Å². The fourth-order valence-electron chi connectivity index (χ4n) is 1.66. The Balaban J connectivity index is 1.96. The lowest BCUT2D eigenvalue weighted by atomic mass is 9.92. The molecule has 1 N–H and O–H groups in total. The Bertz CT molecular complexity index is 170. The maximum atomic E-state index is 10.7. The normalized spacial score (nSPS) is 32.5. The van der Waals surface area contributed by atoms with E-state index in [4.69, 9.17) is 9.84 Å². The summed E-state index contributed by atoms with van der Waals surface area (Å²) in [6.07, 6.45) is 3.13. The number of hydrogen-bond acceptors (Lipinski definition) is 2. The summed E-state index contributed by atoms with van der Waals surface area (Å²) in [4.78, 5) is 10.7. The molecule has 2 unspecified atom stereocenters. The first-order chi connectivity index (χ1) is 5.29. The van der Waals surface area contributed by atoms with Crippen LogP contribution in [0.25, 0.3) is 0 Å². The third kappa shape index (κ3) is 1.25. The Kier molecular flexibility index (Phi) is 1.60. The summed E-state index contributed by atoms with van der Waals surface area (Å²) in [5.41, 5.74) is 0. The Hall–Kier alpha value is -0.570. The highest BCUT2D eigenvalue weighted by Crippen LogP contribution is 2.41. The van der Waals surface area contributed by atoms with E-state index in [0.29, 0.717) is 5.92 Å². The molecule has 0 spiro atoms. The van der Waals surface area contributed by atoms with Crippen LogP contribution in [-0.2, 0) is 9.53 Å². The number of ether oxygens (including phenoxy) is 1. The van der Waals surface area contributed by atoms with Crippen molar-refractivity contribution in [2.75, 3.05) is 6.61 Å². The molecule has 3 nitrogen and oxygen atoms in total. The molecule has 62 valence electrons. The van der Waals surface area contributed by atoms with Gasteiger partial charge in [0.1, 0.15) is 0 Å².